The number of hydrogen-bond acceptors (Lipinski definition) is 5. The summed E-state index contributed by atoms with van der Waals surface area (Å²) < 4.78 is 32.7. The summed E-state index contributed by atoms with van der Waals surface area (Å²) in [6.45, 7) is 1.50. The Morgan fingerprint density at radius 3 is 2.65 bits per heavy atom. The average molecular weight is 361 g/mol. The first kappa shape index (κ1) is 16.6. The van der Waals surface area contributed by atoms with E-state index in [4.69, 9.17) is 16.3 Å². The molecule has 1 heterocycles. The quantitative estimate of drug-likeness (QED) is 0.574. The molecule has 126 valence electrons. The molecule has 1 aliphatic heterocycles. The van der Waals surface area contributed by atoms with Crippen molar-refractivity contribution in [2.45, 2.75) is 30.2 Å². The molecule has 7 nitrogen and oxygen atoms in total. The van der Waals surface area contributed by atoms with Crippen LogP contribution in [0.2, 0.25) is 5.02 Å². The van der Waals surface area contributed by atoms with Crippen LogP contribution in [0.15, 0.2) is 23.1 Å². The second-order valence-electron chi connectivity index (χ2n) is 5.90. The summed E-state index contributed by atoms with van der Waals surface area (Å²) in [4.78, 5) is 10.2. The molecule has 1 aromatic rings. The number of nitro groups is 1. The summed E-state index contributed by atoms with van der Waals surface area (Å²) in [5.41, 5.74) is -0.481. The van der Waals surface area contributed by atoms with Crippen molar-refractivity contribution in [3.05, 3.63) is 33.3 Å². The van der Waals surface area contributed by atoms with Gasteiger partial charge in [-0.1, -0.05) is 11.6 Å². The van der Waals surface area contributed by atoms with E-state index in [-0.39, 0.29) is 21.9 Å². The molecule has 0 unspecified atom stereocenters. The first-order valence-corrected chi connectivity index (χ1v) is 9.25. The maximum absolute atomic E-state index is 13.0. The summed E-state index contributed by atoms with van der Waals surface area (Å²) in [5.74, 6) is 0.136. The van der Waals surface area contributed by atoms with Crippen molar-refractivity contribution in [3.8, 4) is 0 Å². The lowest BCUT2D eigenvalue weighted by atomic mass is 10.1. The van der Waals surface area contributed by atoms with Crippen molar-refractivity contribution in [2.24, 2.45) is 5.92 Å². The summed E-state index contributed by atoms with van der Waals surface area (Å²) in [6, 6.07) is 3.59. The highest BCUT2D eigenvalue weighted by Gasteiger charge is 2.42. The van der Waals surface area contributed by atoms with Gasteiger partial charge in [-0.05, 0) is 37.3 Å². The van der Waals surface area contributed by atoms with Gasteiger partial charge in [0.05, 0.1) is 11.5 Å². The predicted octanol–water partition coefficient (Wildman–Crippen LogP) is 2.44. The Bertz CT molecular complexity index is 714. The van der Waals surface area contributed by atoms with E-state index in [0.717, 1.165) is 25.3 Å². The molecule has 0 amide bonds. The normalized spacial score (nSPS) is 21.7. The molecule has 0 radical (unpaired) electrons. The number of hydrogen-bond donors (Lipinski definition) is 0. The minimum absolute atomic E-state index is 0.0733. The van der Waals surface area contributed by atoms with Crippen LogP contribution >= 0.6 is 11.6 Å². The summed E-state index contributed by atoms with van der Waals surface area (Å²) in [7, 11) is -3.94. The Kier molecular flexibility index (Phi) is 4.59. The summed E-state index contributed by atoms with van der Waals surface area (Å²) in [5, 5.41) is 11.4. The number of rotatable bonds is 6. The molecule has 23 heavy (non-hydrogen) atoms. The second-order valence-corrected chi connectivity index (χ2v) is 8.20. The van der Waals surface area contributed by atoms with E-state index in [1.165, 1.54) is 16.4 Å². The Morgan fingerprint density at radius 2 is 2.09 bits per heavy atom. The zero-order valence-corrected chi connectivity index (χ0v) is 13.9. The topological polar surface area (TPSA) is 89.8 Å². The molecular weight excluding hydrogens is 344 g/mol. The summed E-state index contributed by atoms with van der Waals surface area (Å²) >= 11 is 5.77. The zero-order chi connectivity index (χ0) is 16.6. The van der Waals surface area contributed by atoms with E-state index < -0.39 is 20.6 Å². The largest absolute Gasteiger partial charge is 0.381 e. The van der Waals surface area contributed by atoms with E-state index in [0.29, 0.717) is 19.8 Å². The SMILES string of the molecule is O=[N+]([O-])c1cc(Cl)ccc1S(=O)(=O)N(C[C@@H]1CCOC1)C1CC1. The zero-order valence-electron chi connectivity index (χ0n) is 12.4. The third-order valence-corrected chi connectivity index (χ3v) is 6.32. The van der Waals surface area contributed by atoms with Crippen LogP contribution < -0.4 is 0 Å². The highest BCUT2D eigenvalue weighted by molar-refractivity contribution is 7.89. The summed E-state index contributed by atoms with van der Waals surface area (Å²) in [6.07, 6.45) is 2.38. The Hall–Kier alpha value is -1.22. The van der Waals surface area contributed by atoms with E-state index in [9.17, 15) is 18.5 Å². The lowest BCUT2D eigenvalue weighted by Gasteiger charge is -2.24. The first-order valence-electron chi connectivity index (χ1n) is 7.43. The van der Waals surface area contributed by atoms with Gasteiger partial charge in [0.2, 0.25) is 10.0 Å². The minimum Gasteiger partial charge on any atom is -0.381 e. The van der Waals surface area contributed by atoms with Gasteiger partial charge in [0.25, 0.3) is 5.69 Å². The Labute approximate surface area is 139 Å². The molecule has 2 aliphatic rings. The van der Waals surface area contributed by atoms with E-state index >= 15 is 0 Å². The van der Waals surface area contributed by atoms with Crippen LogP contribution in [0.5, 0.6) is 0 Å². The van der Waals surface area contributed by atoms with Crippen molar-refractivity contribution in [2.75, 3.05) is 19.8 Å². The molecule has 0 bridgehead atoms. The Morgan fingerprint density at radius 1 is 1.35 bits per heavy atom. The molecular formula is C14H17ClN2O5S. The van der Waals surface area contributed by atoms with Crippen molar-refractivity contribution in [1.29, 1.82) is 0 Å². The number of halogens is 1. The predicted molar refractivity (Wildman–Crippen MR) is 83.9 cm³/mol. The third kappa shape index (κ3) is 3.50. The number of nitro benzene ring substituents is 1. The molecule has 0 N–H and O–H groups in total. The van der Waals surface area contributed by atoms with Crippen LogP contribution in [0.25, 0.3) is 0 Å². The third-order valence-electron chi connectivity index (χ3n) is 4.12. The van der Waals surface area contributed by atoms with Crippen LogP contribution in [0.4, 0.5) is 5.69 Å². The highest BCUT2D eigenvalue weighted by Crippen LogP contribution is 2.37. The molecule has 1 aliphatic carbocycles. The van der Waals surface area contributed by atoms with E-state index in [2.05, 4.69) is 0 Å². The smallest absolute Gasteiger partial charge is 0.290 e. The molecule has 0 aromatic heterocycles. The van der Waals surface area contributed by atoms with Gasteiger partial charge in [0.1, 0.15) is 0 Å². The monoisotopic (exact) mass is 360 g/mol. The Balaban J connectivity index is 1.96. The molecule has 1 aromatic carbocycles. The second kappa shape index (κ2) is 6.35. The van der Waals surface area contributed by atoms with Crippen molar-refractivity contribution < 1.29 is 18.1 Å². The van der Waals surface area contributed by atoms with Crippen LogP contribution in [0.1, 0.15) is 19.3 Å². The van der Waals surface area contributed by atoms with Gasteiger partial charge >= 0.3 is 0 Å². The van der Waals surface area contributed by atoms with E-state index in [1.807, 2.05) is 0 Å². The highest BCUT2D eigenvalue weighted by atomic mass is 35.5. The van der Waals surface area contributed by atoms with Gasteiger partial charge < -0.3 is 4.74 Å². The maximum Gasteiger partial charge on any atom is 0.290 e. The van der Waals surface area contributed by atoms with Crippen LogP contribution in [-0.2, 0) is 14.8 Å². The van der Waals surface area contributed by atoms with Crippen molar-refractivity contribution >= 4 is 27.3 Å². The maximum atomic E-state index is 13.0. The fourth-order valence-electron chi connectivity index (χ4n) is 2.77. The fraction of sp³-hybridized carbons (Fsp3) is 0.571. The van der Waals surface area contributed by atoms with Gasteiger partial charge in [0, 0.05) is 30.3 Å². The molecule has 1 saturated carbocycles. The van der Waals surface area contributed by atoms with Gasteiger partial charge in [-0.3, -0.25) is 10.1 Å². The fourth-order valence-corrected chi connectivity index (χ4v) is 4.83. The molecule has 1 saturated heterocycles. The van der Waals surface area contributed by atoms with Gasteiger partial charge in [0.15, 0.2) is 4.90 Å². The van der Waals surface area contributed by atoms with Crippen LogP contribution in [0.3, 0.4) is 0 Å². The van der Waals surface area contributed by atoms with Crippen molar-refractivity contribution in [1.82, 2.24) is 4.31 Å². The van der Waals surface area contributed by atoms with Crippen LogP contribution in [0, 0.1) is 16.0 Å². The number of nitrogens with zero attached hydrogens (tertiary/aromatic N) is 2. The van der Waals surface area contributed by atoms with Crippen LogP contribution in [-0.4, -0.2) is 43.4 Å². The van der Waals surface area contributed by atoms with E-state index in [1.54, 1.807) is 0 Å². The molecule has 2 fully saturated rings. The number of ether oxygens (including phenoxy) is 1. The molecule has 9 heteroatoms. The molecule has 1 atom stereocenters. The van der Waals surface area contributed by atoms with Gasteiger partial charge in [-0.15, -0.1) is 0 Å². The molecule has 3 rings (SSSR count). The number of sulfonamides is 1. The number of benzene rings is 1. The minimum atomic E-state index is -3.94. The molecule has 0 spiro atoms. The van der Waals surface area contributed by atoms with Gasteiger partial charge in [-0.2, -0.15) is 4.31 Å². The van der Waals surface area contributed by atoms with Gasteiger partial charge in [-0.25, -0.2) is 8.42 Å². The standard InChI is InChI=1S/C14H17ClN2O5S/c15-11-1-4-14(13(7-11)17(18)19)23(20,21)16(12-2-3-12)8-10-5-6-22-9-10/h1,4,7,10,12H,2-3,5-6,8-9H2/t10-/m0/s1. The lowest BCUT2D eigenvalue weighted by Crippen LogP contribution is -2.37. The lowest BCUT2D eigenvalue weighted by molar-refractivity contribution is -0.387. The average Bonchev–Trinajstić information content (AvgIpc) is 3.20. The van der Waals surface area contributed by atoms with Crippen molar-refractivity contribution in [3.63, 3.8) is 0 Å². The first-order chi connectivity index (χ1) is 10.9.